The SMILES string of the molecule is O=C(NCCn1cncn1)c1cccc2c1OCCO2. The zero-order valence-corrected chi connectivity index (χ0v) is 10.8. The number of carbonyl (C=O) groups is 1. The number of aromatic nitrogens is 3. The van der Waals surface area contributed by atoms with Crippen molar-refractivity contribution in [2.75, 3.05) is 19.8 Å². The van der Waals surface area contributed by atoms with E-state index in [9.17, 15) is 4.79 Å². The third kappa shape index (κ3) is 2.56. The molecule has 1 aliphatic heterocycles. The van der Waals surface area contributed by atoms with Crippen molar-refractivity contribution in [3.63, 3.8) is 0 Å². The standard InChI is InChI=1S/C13H14N4O3/c18-13(15-4-5-17-9-14-8-16-17)10-2-1-3-11-12(10)20-7-6-19-11/h1-3,8-9H,4-7H2,(H,15,18). The fourth-order valence-corrected chi connectivity index (χ4v) is 1.98. The molecule has 1 N–H and O–H groups in total. The van der Waals surface area contributed by atoms with Crippen molar-refractivity contribution in [2.24, 2.45) is 0 Å². The van der Waals surface area contributed by atoms with Crippen LogP contribution >= 0.6 is 0 Å². The molecular formula is C13H14N4O3. The van der Waals surface area contributed by atoms with E-state index in [4.69, 9.17) is 9.47 Å². The molecule has 3 rings (SSSR count). The van der Waals surface area contributed by atoms with Crippen LogP contribution in [0.1, 0.15) is 10.4 Å². The van der Waals surface area contributed by atoms with Crippen LogP contribution in [-0.4, -0.2) is 40.4 Å². The van der Waals surface area contributed by atoms with E-state index in [1.807, 2.05) is 0 Å². The molecule has 2 aromatic rings. The molecule has 2 heterocycles. The average Bonchev–Trinajstić information content (AvgIpc) is 3.00. The van der Waals surface area contributed by atoms with Gasteiger partial charge in [0.25, 0.3) is 5.91 Å². The first-order chi connectivity index (χ1) is 9.84. The van der Waals surface area contributed by atoms with E-state index < -0.39 is 0 Å². The molecule has 7 nitrogen and oxygen atoms in total. The maximum Gasteiger partial charge on any atom is 0.255 e. The molecule has 0 spiro atoms. The molecule has 0 saturated carbocycles. The van der Waals surface area contributed by atoms with Crippen LogP contribution in [0.2, 0.25) is 0 Å². The van der Waals surface area contributed by atoms with E-state index in [0.29, 0.717) is 43.4 Å². The van der Waals surface area contributed by atoms with Crippen LogP contribution in [0.5, 0.6) is 11.5 Å². The highest BCUT2D eigenvalue weighted by Gasteiger charge is 2.19. The molecule has 0 radical (unpaired) electrons. The van der Waals surface area contributed by atoms with Gasteiger partial charge in [0, 0.05) is 6.54 Å². The van der Waals surface area contributed by atoms with Gasteiger partial charge in [0.2, 0.25) is 0 Å². The summed E-state index contributed by atoms with van der Waals surface area (Å²) in [6, 6.07) is 5.29. The second-order valence-electron chi connectivity index (χ2n) is 4.24. The van der Waals surface area contributed by atoms with E-state index in [1.165, 1.54) is 6.33 Å². The lowest BCUT2D eigenvalue weighted by Gasteiger charge is -2.20. The molecule has 0 aliphatic carbocycles. The summed E-state index contributed by atoms with van der Waals surface area (Å²) in [7, 11) is 0. The Morgan fingerprint density at radius 1 is 1.35 bits per heavy atom. The van der Waals surface area contributed by atoms with Gasteiger partial charge in [0.15, 0.2) is 11.5 Å². The van der Waals surface area contributed by atoms with Crippen molar-refractivity contribution in [3.8, 4) is 11.5 Å². The van der Waals surface area contributed by atoms with Crippen LogP contribution in [0, 0.1) is 0 Å². The second-order valence-corrected chi connectivity index (χ2v) is 4.24. The Bertz CT molecular complexity index is 598. The number of nitrogens with one attached hydrogen (secondary N) is 1. The summed E-state index contributed by atoms with van der Waals surface area (Å²) in [6.45, 7) is 1.99. The number of fused-ring (bicyclic) bond motifs is 1. The van der Waals surface area contributed by atoms with Crippen molar-refractivity contribution >= 4 is 5.91 Å². The third-order valence-electron chi connectivity index (χ3n) is 2.90. The summed E-state index contributed by atoms with van der Waals surface area (Å²) in [5.41, 5.74) is 0.487. The highest BCUT2D eigenvalue weighted by atomic mass is 16.6. The Kier molecular flexibility index (Phi) is 3.49. The van der Waals surface area contributed by atoms with Gasteiger partial charge in [-0.25, -0.2) is 4.98 Å². The minimum Gasteiger partial charge on any atom is -0.486 e. The number of nitrogens with zero attached hydrogens (tertiary/aromatic N) is 3. The molecule has 0 bridgehead atoms. The number of carbonyl (C=O) groups excluding carboxylic acids is 1. The van der Waals surface area contributed by atoms with E-state index in [0.717, 1.165) is 0 Å². The Morgan fingerprint density at radius 3 is 3.10 bits per heavy atom. The molecule has 104 valence electrons. The molecular weight excluding hydrogens is 260 g/mol. The van der Waals surface area contributed by atoms with Gasteiger partial charge in [-0.15, -0.1) is 0 Å². The highest BCUT2D eigenvalue weighted by Crippen LogP contribution is 2.33. The Morgan fingerprint density at radius 2 is 2.25 bits per heavy atom. The van der Waals surface area contributed by atoms with Crippen molar-refractivity contribution < 1.29 is 14.3 Å². The number of rotatable bonds is 4. The van der Waals surface area contributed by atoms with Gasteiger partial charge in [-0.2, -0.15) is 5.10 Å². The highest BCUT2D eigenvalue weighted by molar-refractivity contribution is 5.97. The molecule has 0 atom stereocenters. The van der Waals surface area contributed by atoms with Crippen LogP contribution < -0.4 is 14.8 Å². The monoisotopic (exact) mass is 274 g/mol. The number of hydrogen-bond donors (Lipinski definition) is 1. The van der Waals surface area contributed by atoms with E-state index in [2.05, 4.69) is 15.4 Å². The zero-order valence-electron chi connectivity index (χ0n) is 10.8. The molecule has 0 unspecified atom stereocenters. The second kappa shape index (κ2) is 5.60. The first-order valence-corrected chi connectivity index (χ1v) is 6.34. The zero-order chi connectivity index (χ0) is 13.8. The minimum absolute atomic E-state index is 0.188. The van der Waals surface area contributed by atoms with Crippen LogP contribution in [0.25, 0.3) is 0 Å². The predicted octanol–water partition coefficient (Wildman–Crippen LogP) is 0.479. The van der Waals surface area contributed by atoms with E-state index in [1.54, 1.807) is 29.2 Å². The lowest BCUT2D eigenvalue weighted by atomic mass is 10.1. The smallest absolute Gasteiger partial charge is 0.255 e. The predicted molar refractivity (Wildman–Crippen MR) is 69.8 cm³/mol. The van der Waals surface area contributed by atoms with Crippen LogP contribution in [0.3, 0.4) is 0 Å². The van der Waals surface area contributed by atoms with Crippen LogP contribution in [0.4, 0.5) is 0 Å². The molecule has 1 aliphatic rings. The van der Waals surface area contributed by atoms with Gasteiger partial charge < -0.3 is 14.8 Å². The minimum atomic E-state index is -0.188. The Labute approximate surface area is 115 Å². The molecule has 0 saturated heterocycles. The average molecular weight is 274 g/mol. The normalized spacial score (nSPS) is 13.0. The number of benzene rings is 1. The first kappa shape index (κ1) is 12.5. The van der Waals surface area contributed by atoms with Crippen molar-refractivity contribution in [1.29, 1.82) is 0 Å². The maximum absolute atomic E-state index is 12.2. The Hall–Kier alpha value is -2.57. The molecule has 7 heteroatoms. The molecule has 0 fully saturated rings. The van der Waals surface area contributed by atoms with Crippen LogP contribution in [0.15, 0.2) is 30.9 Å². The van der Waals surface area contributed by atoms with Crippen molar-refractivity contribution in [2.45, 2.75) is 6.54 Å². The molecule has 1 amide bonds. The van der Waals surface area contributed by atoms with Gasteiger partial charge in [-0.05, 0) is 12.1 Å². The summed E-state index contributed by atoms with van der Waals surface area (Å²) in [4.78, 5) is 16.0. The van der Waals surface area contributed by atoms with Gasteiger partial charge in [-0.1, -0.05) is 6.07 Å². The van der Waals surface area contributed by atoms with Crippen LogP contribution in [-0.2, 0) is 6.54 Å². The summed E-state index contributed by atoms with van der Waals surface area (Å²) in [6.07, 6.45) is 3.06. The topological polar surface area (TPSA) is 78.3 Å². The van der Waals surface area contributed by atoms with Gasteiger partial charge in [-0.3, -0.25) is 9.48 Å². The van der Waals surface area contributed by atoms with Crippen molar-refractivity contribution in [3.05, 3.63) is 36.4 Å². The summed E-state index contributed by atoms with van der Waals surface area (Å²) in [5, 5.41) is 6.79. The number of hydrogen-bond acceptors (Lipinski definition) is 5. The van der Waals surface area contributed by atoms with Gasteiger partial charge in [0.1, 0.15) is 25.9 Å². The summed E-state index contributed by atoms with van der Waals surface area (Å²) >= 11 is 0. The summed E-state index contributed by atoms with van der Waals surface area (Å²) in [5.74, 6) is 0.935. The number of para-hydroxylation sites is 1. The Balaban J connectivity index is 1.65. The lowest BCUT2D eigenvalue weighted by Crippen LogP contribution is -2.28. The fraction of sp³-hybridized carbons (Fsp3) is 0.308. The number of amides is 1. The third-order valence-corrected chi connectivity index (χ3v) is 2.90. The van der Waals surface area contributed by atoms with Gasteiger partial charge >= 0.3 is 0 Å². The van der Waals surface area contributed by atoms with E-state index >= 15 is 0 Å². The lowest BCUT2D eigenvalue weighted by molar-refractivity contribution is 0.0941. The maximum atomic E-state index is 12.2. The molecule has 20 heavy (non-hydrogen) atoms. The molecule has 1 aromatic carbocycles. The first-order valence-electron chi connectivity index (χ1n) is 6.34. The molecule has 1 aromatic heterocycles. The quantitative estimate of drug-likeness (QED) is 0.877. The fourth-order valence-electron chi connectivity index (χ4n) is 1.98. The summed E-state index contributed by atoms with van der Waals surface area (Å²) < 4.78 is 12.6. The van der Waals surface area contributed by atoms with Gasteiger partial charge in [0.05, 0.1) is 12.1 Å². The van der Waals surface area contributed by atoms with Crippen molar-refractivity contribution in [1.82, 2.24) is 20.1 Å². The van der Waals surface area contributed by atoms with E-state index in [-0.39, 0.29) is 5.91 Å². The largest absolute Gasteiger partial charge is 0.486 e. The number of ether oxygens (including phenoxy) is 2.